The summed E-state index contributed by atoms with van der Waals surface area (Å²) in [6, 6.07) is 10.5. The molecular weight excluding hydrogens is 328 g/mol. The van der Waals surface area contributed by atoms with Crippen molar-refractivity contribution >= 4 is 29.1 Å². The van der Waals surface area contributed by atoms with Gasteiger partial charge in [-0.1, -0.05) is 18.2 Å². The number of aryl methyl sites for hydroxylation is 1. The Kier molecular flexibility index (Phi) is 6.21. The highest BCUT2D eigenvalue weighted by Gasteiger charge is 2.08. The second kappa shape index (κ2) is 8.59. The third-order valence-corrected chi connectivity index (χ3v) is 3.14. The molecule has 7 nitrogen and oxygen atoms in total. The number of nitrogens with one attached hydrogen (secondary N) is 3. The molecule has 1 heterocycles. The van der Waals surface area contributed by atoms with Crippen molar-refractivity contribution in [1.82, 2.24) is 21.2 Å². The molecule has 0 spiro atoms. The molecule has 0 aliphatic heterocycles. The molecule has 0 bridgehead atoms. The number of hydrogen-bond donors (Lipinski definition) is 3. The Morgan fingerprint density at radius 2 is 1.83 bits per heavy atom. The molecule has 0 fully saturated rings. The van der Waals surface area contributed by atoms with Crippen LogP contribution >= 0.6 is 12.2 Å². The molecule has 0 atom stereocenters. The lowest BCUT2D eigenvalue weighted by molar-refractivity contribution is -0.121. The molecule has 8 heteroatoms. The van der Waals surface area contributed by atoms with E-state index in [1.54, 1.807) is 18.2 Å². The lowest BCUT2D eigenvalue weighted by atomic mass is 10.2. The summed E-state index contributed by atoms with van der Waals surface area (Å²) in [5, 5.41) is 2.37. The van der Waals surface area contributed by atoms with Gasteiger partial charge in [0.15, 0.2) is 11.7 Å². The zero-order valence-corrected chi connectivity index (χ0v) is 13.7. The van der Waals surface area contributed by atoms with Crippen LogP contribution in [-0.4, -0.2) is 28.5 Å². The summed E-state index contributed by atoms with van der Waals surface area (Å²) < 4.78 is 5.40. The predicted octanol–water partition coefficient (Wildman–Crippen LogP) is 1.10. The molecule has 2 aromatic rings. The number of thiocarbonyl (C=S) groups is 1. The standard InChI is InChI=1S/C16H16N4O3S/c1-11-4-2-3-5-13(11)23-10-14(21)18-16(24)20-19-15(22)12-6-8-17-9-7-12/h2-9H,10H2,1H3,(H,19,22)(H2,18,20,21,24). The van der Waals surface area contributed by atoms with Gasteiger partial charge >= 0.3 is 0 Å². The van der Waals surface area contributed by atoms with Crippen LogP contribution in [0.15, 0.2) is 48.8 Å². The number of amides is 2. The molecule has 0 unspecified atom stereocenters. The maximum Gasteiger partial charge on any atom is 0.269 e. The lowest BCUT2D eigenvalue weighted by Gasteiger charge is -2.12. The number of benzene rings is 1. The summed E-state index contributed by atoms with van der Waals surface area (Å²) in [5.74, 6) is -0.211. The number of ether oxygens (including phenoxy) is 1. The smallest absolute Gasteiger partial charge is 0.269 e. The van der Waals surface area contributed by atoms with Crippen LogP contribution in [0.4, 0.5) is 0 Å². The monoisotopic (exact) mass is 344 g/mol. The van der Waals surface area contributed by atoms with E-state index in [2.05, 4.69) is 21.2 Å². The van der Waals surface area contributed by atoms with Crippen molar-refractivity contribution in [2.75, 3.05) is 6.61 Å². The minimum atomic E-state index is -0.436. The molecule has 2 amide bonds. The maximum absolute atomic E-state index is 11.8. The van der Waals surface area contributed by atoms with Crippen LogP contribution in [-0.2, 0) is 4.79 Å². The van der Waals surface area contributed by atoms with Crippen LogP contribution in [0.25, 0.3) is 0 Å². The number of aromatic nitrogens is 1. The van der Waals surface area contributed by atoms with Gasteiger partial charge < -0.3 is 4.74 Å². The first-order valence-corrected chi connectivity index (χ1v) is 7.45. The largest absolute Gasteiger partial charge is 0.483 e. The van der Waals surface area contributed by atoms with Gasteiger partial charge in [-0.3, -0.25) is 30.7 Å². The van der Waals surface area contributed by atoms with Crippen LogP contribution in [0, 0.1) is 6.92 Å². The molecule has 24 heavy (non-hydrogen) atoms. The number of carbonyl (C=O) groups is 2. The summed E-state index contributed by atoms with van der Waals surface area (Å²) in [7, 11) is 0. The van der Waals surface area contributed by atoms with Gasteiger partial charge in [0, 0.05) is 18.0 Å². The molecule has 1 aromatic heterocycles. The van der Waals surface area contributed by atoms with E-state index >= 15 is 0 Å². The van der Waals surface area contributed by atoms with E-state index in [4.69, 9.17) is 17.0 Å². The van der Waals surface area contributed by atoms with Crippen molar-refractivity contribution in [2.45, 2.75) is 6.92 Å². The van der Waals surface area contributed by atoms with Gasteiger partial charge in [0.1, 0.15) is 5.75 Å². The van der Waals surface area contributed by atoms with Gasteiger partial charge in [0.05, 0.1) is 0 Å². The van der Waals surface area contributed by atoms with E-state index in [0.717, 1.165) is 5.56 Å². The first-order valence-electron chi connectivity index (χ1n) is 7.05. The number of para-hydroxylation sites is 1. The van der Waals surface area contributed by atoms with Crippen LogP contribution < -0.4 is 20.9 Å². The molecule has 2 rings (SSSR count). The van der Waals surface area contributed by atoms with Gasteiger partial charge in [-0.2, -0.15) is 0 Å². The fourth-order valence-corrected chi connectivity index (χ4v) is 1.91. The Balaban J connectivity index is 1.73. The molecule has 0 saturated heterocycles. The van der Waals surface area contributed by atoms with Crippen LogP contribution in [0.1, 0.15) is 15.9 Å². The van der Waals surface area contributed by atoms with E-state index < -0.39 is 11.8 Å². The molecule has 0 aliphatic rings. The molecule has 0 aliphatic carbocycles. The minimum absolute atomic E-state index is 0.0317. The van der Waals surface area contributed by atoms with Crippen LogP contribution in [0.2, 0.25) is 0 Å². The van der Waals surface area contributed by atoms with Crippen LogP contribution in [0.3, 0.4) is 0 Å². The Bertz CT molecular complexity index is 737. The highest BCUT2D eigenvalue weighted by molar-refractivity contribution is 7.80. The van der Waals surface area contributed by atoms with Crippen molar-refractivity contribution in [2.24, 2.45) is 0 Å². The van der Waals surface area contributed by atoms with Crippen molar-refractivity contribution in [3.8, 4) is 5.75 Å². The normalized spacial score (nSPS) is 9.71. The van der Waals surface area contributed by atoms with E-state index in [1.165, 1.54) is 12.4 Å². The number of hydrogen-bond acceptors (Lipinski definition) is 5. The van der Waals surface area contributed by atoms with Crippen LogP contribution in [0.5, 0.6) is 5.75 Å². The molecule has 0 saturated carbocycles. The van der Waals surface area contributed by atoms with Gasteiger partial charge in [-0.05, 0) is 42.9 Å². The van der Waals surface area contributed by atoms with E-state index in [-0.39, 0.29) is 11.7 Å². The van der Waals surface area contributed by atoms with Crippen molar-refractivity contribution in [3.05, 3.63) is 59.9 Å². The summed E-state index contributed by atoms with van der Waals surface area (Å²) in [4.78, 5) is 27.4. The Hall–Kier alpha value is -3.00. The van der Waals surface area contributed by atoms with Crippen molar-refractivity contribution < 1.29 is 14.3 Å². The predicted molar refractivity (Wildman–Crippen MR) is 92.3 cm³/mol. The van der Waals surface area contributed by atoms with E-state index in [9.17, 15) is 9.59 Å². The summed E-state index contributed by atoms with van der Waals surface area (Å²) in [6.07, 6.45) is 3.00. The minimum Gasteiger partial charge on any atom is -0.483 e. The lowest BCUT2D eigenvalue weighted by Crippen LogP contribution is -2.49. The van der Waals surface area contributed by atoms with Gasteiger partial charge in [0.2, 0.25) is 0 Å². The summed E-state index contributed by atoms with van der Waals surface area (Å²) >= 11 is 4.93. The topological polar surface area (TPSA) is 92.4 Å². The number of hydrazine groups is 1. The Labute approximate surface area is 144 Å². The molecule has 124 valence electrons. The van der Waals surface area contributed by atoms with Crippen molar-refractivity contribution in [3.63, 3.8) is 0 Å². The highest BCUT2D eigenvalue weighted by Crippen LogP contribution is 2.15. The zero-order chi connectivity index (χ0) is 17.4. The third-order valence-electron chi connectivity index (χ3n) is 2.94. The third kappa shape index (κ3) is 5.33. The van der Waals surface area contributed by atoms with E-state index in [0.29, 0.717) is 11.3 Å². The second-order valence-electron chi connectivity index (χ2n) is 4.75. The molecular formula is C16H16N4O3S. The van der Waals surface area contributed by atoms with Crippen molar-refractivity contribution in [1.29, 1.82) is 0 Å². The number of rotatable bonds is 4. The first-order chi connectivity index (χ1) is 11.6. The Morgan fingerprint density at radius 1 is 1.12 bits per heavy atom. The fraction of sp³-hybridized carbons (Fsp3) is 0.125. The van der Waals surface area contributed by atoms with Gasteiger partial charge in [0.25, 0.3) is 11.8 Å². The number of nitrogens with zero attached hydrogens (tertiary/aromatic N) is 1. The van der Waals surface area contributed by atoms with E-state index in [1.807, 2.05) is 25.1 Å². The molecule has 0 radical (unpaired) electrons. The Morgan fingerprint density at radius 3 is 2.54 bits per heavy atom. The molecule has 1 aromatic carbocycles. The summed E-state index contributed by atoms with van der Waals surface area (Å²) in [5.41, 5.74) is 6.16. The fourth-order valence-electron chi connectivity index (χ4n) is 1.74. The number of carbonyl (C=O) groups excluding carboxylic acids is 2. The van der Waals surface area contributed by atoms with Gasteiger partial charge in [-0.15, -0.1) is 0 Å². The quantitative estimate of drug-likeness (QED) is 0.568. The summed E-state index contributed by atoms with van der Waals surface area (Å²) in [6.45, 7) is 1.69. The average molecular weight is 344 g/mol. The van der Waals surface area contributed by atoms with Gasteiger partial charge in [-0.25, -0.2) is 0 Å². The SMILES string of the molecule is Cc1ccccc1OCC(=O)NC(=S)NNC(=O)c1ccncc1. The maximum atomic E-state index is 11.8. The second-order valence-corrected chi connectivity index (χ2v) is 5.15. The first kappa shape index (κ1) is 17.4. The zero-order valence-electron chi connectivity index (χ0n) is 12.9. The molecule has 3 N–H and O–H groups in total. The highest BCUT2D eigenvalue weighted by atomic mass is 32.1. The number of pyridine rings is 1. The average Bonchev–Trinajstić information content (AvgIpc) is 2.59.